The number of amides is 1. The molecule has 0 saturated heterocycles. The first-order valence-electron chi connectivity index (χ1n) is 6.80. The number of ether oxygens (including phenoxy) is 1. The smallest absolute Gasteiger partial charge is 0.220 e. The zero-order chi connectivity index (χ0) is 13.9. The highest BCUT2D eigenvalue weighted by Crippen LogP contribution is 2.10. The minimum absolute atomic E-state index is 0.0275. The van der Waals surface area contributed by atoms with Crippen LogP contribution in [0, 0.1) is 0 Å². The Labute approximate surface area is 114 Å². The quantitative estimate of drug-likeness (QED) is 0.671. The predicted molar refractivity (Wildman–Crippen MR) is 74.6 cm³/mol. The SMILES string of the molecule is CCOCc1ccccc1CNC(=O)CCCCO. The van der Waals surface area contributed by atoms with Crippen molar-refractivity contribution in [2.24, 2.45) is 0 Å². The Kier molecular flexibility index (Phi) is 7.86. The van der Waals surface area contributed by atoms with E-state index in [0.29, 0.717) is 32.6 Å². The van der Waals surface area contributed by atoms with Gasteiger partial charge in [0.1, 0.15) is 0 Å². The molecule has 106 valence electrons. The van der Waals surface area contributed by atoms with Gasteiger partial charge in [-0.1, -0.05) is 24.3 Å². The largest absolute Gasteiger partial charge is 0.396 e. The number of benzene rings is 1. The van der Waals surface area contributed by atoms with Gasteiger partial charge < -0.3 is 15.2 Å². The van der Waals surface area contributed by atoms with E-state index < -0.39 is 0 Å². The van der Waals surface area contributed by atoms with Crippen LogP contribution >= 0.6 is 0 Å². The fraction of sp³-hybridized carbons (Fsp3) is 0.533. The summed E-state index contributed by atoms with van der Waals surface area (Å²) in [6, 6.07) is 7.95. The normalized spacial score (nSPS) is 10.4. The van der Waals surface area contributed by atoms with Crippen molar-refractivity contribution in [3.05, 3.63) is 35.4 Å². The Hall–Kier alpha value is -1.39. The lowest BCUT2D eigenvalue weighted by molar-refractivity contribution is -0.121. The van der Waals surface area contributed by atoms with Crippen molar-refractivity contribution in [1.29, 1.82) is 0 Å². The maximum atomic E-state index is 11.6. The molecule has 19 heavy (non-hydrogen) atoms. The lowest BCUT2D eigenvalue weighted by atomic mass is 10.1. The summed E-state index contributed by atoms with van der Waals surface area (Å²) in [5, 5.41) is 11.6. The second-order valence-corrected chi connectivity index (χ2v) is 4.36. The Balaban J connectivity index is 2.41. The van der Waals surface area contributed by atoms with Crippen molar-refractivity contribution in [1.82, 2.24) is 5.32 Å². The monoisotopic (exact) mass is 265 g/mol. The summed E-state index contributed by atoms with van der Waals surface area (Å²) in [7, 11) is 0. The molecule has 0 radical (unpaired) electrons. The van der Waals surface area contributed by atoms with Crippen LogP contribution in [0.1, 0.15) is 37.3 Å². The molecule has 0 aliphatic rings. The van der Waals surface area contributed by atoms with Gasteiger partial charge in [-0.3, -0.25) is 4.79 Å². The molecule has 0 heterocycles. The van der Waals surface area contributed by atoms with Gasteiger partial charge in [0.25, 0.3) is 0 Å². The van der Waals surface area contributed by atoms with E-state index in [1.54, 1.807) is 0 Å². The highest BCUT2D eigenvalue weighted by Gasteiger charge is 2.04. The van der Waals surface area contributed by atoms with E-state index in [-0.39, 0.29) is 12.5 Å². The first kappa shape index (κ1) is 15.7. The molecule has 1 rings (SSSR count). The molecule has 4 heteroatoms. The summed E-state index contributed by atoms with van der Waals surface area (Å²) < 4.78 is 5.41. The Morgan fingerprint density at radius 1 is 1.26 bits per heavy atom. The lowest BCUT2D eigenvalue weighted by Gasteiger charge is -2.10. The number of carbonyl (C=O) groups is 1. The van der Waals surface area contributed by atoms with Gasteiger partial charge in [0.2, 0.25) is 5.91 Å². The van der Waals surface area contributed by atoms with Crippen molar-refractivity contribution >= 4 is 5.91 Å². The van der Waals surface area contributed by atoms with Gasteiger partial charge in [-0.05, 0) is 30.9 Å². The second kappa shape index (κ2) is 9.53. The molecule has 0 fully saturated rings. The molecule has 0 bridgehead atoms. The number of unbranched alkanes of at least 4 members (excludes halogenated alkanes) is 1. The van der Waals surface area contributed by atoms with E-state index in [9.17, 15) is 4.79 Å². The summed E-state index contributed by atoms with van der Waals surface area (Å²) in [4.78, 5) is 11.6. The first-order valence-corrected chi connectivity index (χ1v) is 6.80. The van der Waals surface area contributed by atoms with Crippen LogP contribution in [0.5, 0.6) is 0 Å². The number of nitrogens with one attached hydrogen (secondary N) is 1. The van der Waals surface area contributed by atoms with Crippen LogP contribution in [-0.2, 0) is 22.7 Å². The van der Waals surface area contributed by atoms with Crippen LogP contribution in [0.4, 0.5) is 0 Å². The third-order valence-corrected chi connectivity index (χ3v) is 2.87. The molecule has 1 amide bonds. The van der Waals surface area contributed by atoms with Crippen molar-refractivity contribution in [2.75, 3.05) is 13.2 Å². The van der Waals surface area contributed by atoms with Crippen LogP contribution in [0.25, 0.3) is 0 Å². The molecular weight excluding hydrogens is 242 g/mol. The molecule has 1 aromatic rings. The number of hydrogen-bond acceptors (Lipinski definition) is 3. The molecule has 0 spiro atoms. The van der Waals surface area contributed by atoms with Gasteiger partial charge in [-0.25, -0.2) is 0 Å². The molecule has 0 aliphatic heterocycles. The van der Waals surface area contributed by atoms with Gasteiger partial charge >= 0.3 is 0 Å². The summed E-state index contributed by atoms with van der Waals surface area (Å²) in [5.74, 6) is 0.0275. The standard InChI is InChI=1S/C15H23NO3/c1-2-19-12-14-8-4-3-7-13(14)11-16-15(18)9-5-6-10-17/h3-4,7-8,17H,2,5-6,9-12H2,1H3,(H,16,18). The molecule has 1 aromatic carbocycles. The minimum Gasteiger partial charge on any atom is -0.396 e. The van der Waals surface area contributed by atoms with E-state index >= 15 is 0 Å². The van der Waals surface area contributed by atoms with Crippen LogP contribution in [-0.4, -0.2) is 24.2 Å². The first-order chi connectivity index (χ1) is 9.27. The van der Waals surface area contributed by atoms with Gasteiger partial charge in [-0.2, -0.15) is 0 Å². The highest BCUT2D eigenvalue weighted by atomic mass is 16.5. The zero-order valence-corrected chi connectivity index (χ0v) is 11.5. The van der Waals surface area contributed by atoms with Crippen molar-refractivity contribution in [3.63, 3.8) is 0 Å². The number of hydrogen-bond donors (Lipinski definition) is 2. The molecular formula is C15H23NO3. The molecule has 0 saturated carbocycles. The molecule has 0 atom stereocenters. The molecule has 2 N–H and O–H groups in total. The van der Waals surface area contributed by atoms with Crippen molar-refractivity contribution in [2.45, 2.75) is 39.3 Å². The maximum Gasteiger partial charge on any atom is 0.220 e. The Bertz CT molecular complexity index is 379. The summed E-state index contributed by atoms with van der Waals surface area (Å²) in [6.45, 7) is 3.89. The van der Waals surface area contributed by atoms with E-state index in [1.807, 2.05) is 31.2 Å². The van der Waals surface area contributed by atoms with Gasteiger partial charge in [0.05, 0.1) is 6.61 Å². The maximum absolute atomic E-state index is 11.6. The van der Waals surface area contributed by atoms with E-state index in [0.717, 1.165) is 17.5 Å². The molecule has 0 aliphatic carbocycles. The van der Waals surface area contributed by atoms with Crippen LogP contribution in [0.3, 0.4) is 0 Å². The number of aliphatic hydroxyl groups is 1. The van der Waals surface area contributed by atoms with Crippen LogP contribution in [0.15, 0.2) is 24.3 Å². The lowest BCUT2D eigenvalue weighted by Crippen LogP contribution is -2.23. The third kappa shape index (κ3) is 6.36. The average Bonchev–Trinajstić information content (AvgIpc) is 2.44. The van der Waals surface area contributed by atoms with Crippen LogP contribution in [0.2, 0.25) is 0 Å². The van der Waals surface area contributed by atoms with Crippen molar-refractivity contribution < 1.29 is 14.6 Å². The van der Waals surface area contributed by atoms with Gasteiger partial charge in [-0.15, -0.1) is 0 Å². The summed E-state index contributed by atoms with van der Waals surface area (Å²) in [5.41, 5.74) is 2.20. The summed E-state index contributed by atoms with van der Waals surface area (Å²) in [6.07, 6.45) is 1.87. The number of rotatable bonds is 9. The van der Waals surface area contributed by atoms with E-state index in [4.69, 9.17) is 9.84 Å². The fourth-order valence-corrected chi connectivity index (χ4v) is 1.76. The number of carbonyl (C=O) groups excluding carboxylic acids is 1. The predicted octanol–water partition coefficient (Wildman–Crippen LogP) is 2.00. The fourth-order valence-electron chi connectivity index (χ4n) is 1.76. The third-order valence-electron chi connectivity index (χ3n) is 2.87. The van der Waals surface area contributed by atoms with Crippen molar-refractivity contribution in [3.8, 4) is 0 Å². The Morgan fingerprint density at radius 2 is 2.00 bits per heavy atom. The summed E-state index contributed by atoms with van der Waals surface area (Å²) >= 11 is 0. The van der Waals surface area contributed by atoms with Gasteiger partial charge in [0.15, 0.2) is 0 Å². The van der Waals surface area contributed by atoms with Gasteiger partial charge in [0, 0.05) is 26.2 Å². The number of aliphatic hydroxyl groups excluding tert-OH is 1. The molecule has 0 aromatic heterocycles. The topological polar surface area (TPSA) is 58.6 Å². The van der Waals surface area contributed by atoms with E-state index in [1.165, 1.54) is 0 Å². The minimum atomic E-state index is 0.0275. The highest BCUT2D eigenvalue weighted by molar-refractivity contribution is 5.75. The Morgan fingerprint density at radius 3 is 2.68 bits per heavy atom. The average molecular weight is 265 g/mol. The zero-order valence-electron chi connectivity index (χ0n) is 11.5. The van der Waals surface area contributed by atoms with E-state index in [2.05, 4.69) is 5.32 Å². The molecule has 4 nitrogen and oxygen atoms in total. The molecule has 0 unspecified atom stereocenters. The second-order valence-electron chi connectivity index (χ2n) is 4.36. The van der Waals surface area contributed by atoms with Crippen LogP contribution < -0.4 is 5.32 Å².